The Bertz CT molecular complexity index is 785. The zero-order chi connectivity index (χ0) is 16.1. The summed E-state index contributed by atoms with van der Waals surface area (Å²) >= 11 is 0. The number of methoxy groups -OCH3 is 1. The third-order valence-corrected chi connectivity index (χ3v) is 3.08. The van der Waals surface area contributed by atoms with E-state index in [1.807, 2.05) is 18.2 Å². The zero-order valence-electron chi connectivity index (χ0n) is 12.3. The van der Waals surface area contributed by atoms with E-state index in [1.165, 1.54) is 19.6 Å². The van der Waals surface area contributed by atoms with Crippen molar-refractivity contribution in [2.24, 2.45) is 0 Å². The second-order valence-corrected chi connectivity index (χ2v) is 4.57. The van der Waals surface area contributed by atoms with E-state index in [0.29, 0.717) is 22.8 Å². The van der Waals surface area contributed by atoms with Gasteiger partial charge in [-0.05, 0) is 18.2 Å². The molecule has 0 bridgehead atoms. The van der Waals surface area contributed by atoms with Crippen LogP contribution in [0.15, 0.2) is 53.5 Å². The van der Waals surface area contributed by atoms with Crippen LogP contribution in [-0.4, -0.2) is 28.2 Å². The lowest BCUT2D eigenvalue weighted by molar-refractivity contribution is 0.0600. The third kappa shape index (κ3) is 3.34. The standard InChI is InChI=1S/C16H13N3O4/c1-21-16(20)11-5-6-14(18-8-11)22-9-12-10-23-19-15(12)13-4-2-3-7-17-13/h2-8,10H,9H2,1H3. The van der Waals surface area contributed by atoms with Gasteiger partial charge in [0.05, 0.1) is 23.9 Å². The van der Waals surface area contributed by atoms with Crippen LogP contribution >= 0.6 is 0 Å². The van der Waals surface area contributed by atoms with Crippen molar-refractivity contribution in [3.8, 4) is 17.3 Å². The summed E-state index contributed by atoms with van der Waals surface area (Å²) in [4.78, 5) is 19.6. The van der Waals surface area contributed by atoms with Crippen molar-refractivity contribution in [1.82, 2.24) is 15.1 Å². The molecule has 0 unspecified atom stereocenters. The maximum Gasteiger partial charge on any atom is 0.339 e. The topological polar surface area (TPSA) is 87.3 Å². The average Bonchev–Trinajstić information content (AvgIpc) is 3.09. The van der Waals surface area contributed by atoms with Gasteiger partial charge < -0.3 is 14.0 Å². The van der Waals surface area contributed by atoms with Crippen LogP contribution in [-0.2, 0) is 11.3 Å². The Hall–Kier alpha value is -3.22. The van der Waals surface area contributed by atoms with Crippen molar-refractivity contribution in [2.45, 2.75) is 6.61 Å². The van der Waals surface area contributed by atoms with Gasteiger partial charge in [-0.15, -0.1) is 0 Å². The second-order valence-electron chi connectivity index (χ2n) is 4.57. The van der Waals surface area contributed by atoms with E-state index in [4.69, 9.17) is 9.26 Å². The van der Waals surface area contributed by atoms with E-state index in [2.05, 4.69) is 19.9 Å². The predicted molar refractivity (Wildman–Crippen MR) is 79.6 cm³/mol. The van der Waals surface area contributed by atoms with Crippen molar-refractivity contribution in [1.29, 1.82) is 0 Å². The maximum absolute atomic E-state index is 11.3. The van der Waals surface area contributed by atoms with Crippen LogP contribution in [0.5, 0.6) is 5.88 Å². The summed E-state index contributed by atoms with van der Waals surface area (Å²) in [5.74, 6) is -0.0636. The fraction of sp³-hybridized carbons (Fsp3) is 0.125. The van der Waals surface area contributed by atoms with Crippen molar-refractivity contribution in [3.05, 3.63) is 60.1 Å². The molecule has 0 spiro atoms. The molecule has 3 aromatic rings. The number of nitrogens with zero attached hydrogens (tertiary/aromatic N) is 3. The number of hydrogen-bond donors (Lipinski definition) is 0. The van der Waals surface area contributed by atoms with E-state index in [9.17, 15) is 4.79 Å². The molecule has 0 radical (unpaired) electrons. The van der Waals surface area contributed by atoms with Crippen molar-refractivity contribution < 1.29 is 18.8 Å². The van der Waals surface area contributed by atoms with Gasteiger partial charge in [0, 0.05) is 18.5 Å². The first-order valence-corrected chi connectivity index (χ1v) is 6.80. The summed E-state index contributed by atoms with van der Waals surface area (Å²) < 4.78 is 15.2. The quantitative estimate of drug-likeness (QED) is 0.669. The molecule has 0 amide bonds. The molecule has 0 atom stereocenters. The van der Waals surface area contributed by atoms with Crippen molar-refractivity contribution in [2.75, 3.05) is 7.11 Å². The number of carbonyl (C=O) groups is 1. The molecule has 3 rings (SSSR count). The normalized spacial score (nSPS) is 10.3. The summed E-state index contributed by atoms with van der Waals surface area (Å²) in [5.41, 5.74) is 2.44. The summed E-state index contributed by atoms with van der Waals surface area (Å²) in [6.07, 6.45) is 4.59. The van der Waals surface area contributed by atoms with Gasteiger partial charge >= 0.3 is 5.97 Å². The molecule has 0 saturated carbocycles. The lowest BCUT2D eigenvalue weighted by Gasteiger charge is -2.05. The molecule has 0 N–H and O–H groups in total. The van der Waals surface area contributed by atoms with Gasteiger partial charge in [-0.1, -0.05) is 11.2 Å². The monoisotopic (exact) mass is 311 g/mol. The smallest absolute Gasteiger partial charge is 0.339 e. The Morgan fingerprint density at radius 3 is 2.83 bits per heavy atom. The first-order chi connectivity index (χ1) is 11.3. The molecule has 3 aromatic heterocycles. The molecule has 0 aliphatic carbocycles. The highest BCUT2D eigenvalue weighted by Crippen LogP contribution is 2.21. The van der Waals surface area contributed by atoms with E-state index >= 15 is 0 Å². The summed E-state index contributed by atoms with van der Waals surface area (Å²) in [6.45, 7) is 0.222. The molecular weight excluding hydrogens is 298 g/mol. The molecule has 116 valence electrons. The van der Waals surface area contributed by atoms with Gasteiger partial charge in [0.2, 0.25) is 5.88 Å². The number of pyridine rings is 2. The van der Waals surface area contributed by atoms with Gasteiger partial charge in [0.15, 0.2) is 0 Å². The summed E-state index contributed by atoms with van der Waals surface area (Å²) in [7, 11) is 1.32. The minimum absolute atomic E-state index is 0.222. The largest absolute Gasteiger partial charge is 0.473 e. The highest BCUT2D eigenvalue weighted by atomic mass is 16.5. The highest BCUT2D eigenvalue weighted by Gasteiger charge is 2.12. The Morgan fingerprint density at radius 2 is 2.13 bits per heavy atom. The van der Waals surface area contributed by atoms with Crippen LogP contribution < -0.4 is 4.74 Å². The molecular formula is C16H13N3O4. The van der Waals surface area contributed by atoms with Gasteiger partial charge in [-0.2, -0.15) is 0 Å². The fourth-order valence-corrected chi connectivity index (χ4v) is 1.93. The zero-order valence-corrected chi connectivity index (χ0v) is 12.3. The number of rotatable bonds is 5. The highest BCUT2D eigenvalue weighted by molar-refractivity contribution is 5.88. The minimum atomic E-state index is -0.444. The Labute approximate surface area is 131 Å². The molecule has 0 saturated heterocycles. The lowest BCUT2D eigenvalue weighted by atomic mass is 10.2. The molecule has 0 aromatic carbocycles. The Morgan fingerprint density at radius 1 is 1.22 bits per heavy atom. The van der Waals surface area contributed by atoms with Crippen LogP contribution in [0.1, 0.15) is 15.9 Å². The average molecular weight is 311 g/mol. The van der Waals surface area contributed by atoms with Crippen LogP contribution in [0.3, 0.4) is 0 Å². The number of hydrogen-bond acceptors (Lipinski definition) is 7. The summed E-state index contributed by atoms with van der Waals surface area (Å²) in [5, 5.41) is 3.95. The van der Waals surface area contributed by atoms with E-state index < -0.39 is 5.97 Å². The Kier molecular flexibility index (Phi) is 4.28. The molecule has 0 fully saturated rings. The van der Waals surface area contributed by atoms with E-state index in [0.717, 1.165) is 5.56 Å². The number of aromatic nitrogens is 3. The summed E-state index contributed by atoms with van der Waals surface area (Å²) in [6, 6.07) is 8.72. The number of ether oxygens (including phenoxy) is 2. The molecule has 7 heteroatoms. The second kappa shape index (κ2) is 6.69. The maximum atomic E-state index is 11.3. The van der Waals surface area contributed by atoms with Crippen LogP contribution in [0.4, 0.5) is 0 Å². The van der Waals surface area contributed by atoms with Gasteiger partial charge in [0.25, 0.3) is 0 Å². The molecule has 23 heavy (non-hydrogen) atoms. The first kappa shape index (κ1) is 14.7. The van der Waals surface area contributed by atoms with Gasteiger partial charge in [-0.3, -0.25) is 4.98 Å². The van der Waals surface area contributed by atoms with E-state index in [-0.39, 0.29) is 6.61 Å². The van der Waals surface area contributed by atoms with Crippen LogP contribution in [0.25, 0.3) is 11.4 Å². The van der Waals surface area contributed by atoms with Gasteiger partial charge in [0.1, 0.15) is 18.6 Å². The molecule has 7 nitrogen and oxygen atoms in total. The third-order valence-electron chi connectivity index (χ3n) is 3.08. The van der Waals surface area contributed by atoms with Crippen LogP contribution in [0.2, 0.25) is 0 Å². The number of carbonyl (C=O) groups excluding carboxylic acids is 1. The predicted octanol–water partition coefficient (Wildman–Crippen LogP) is 2.50. The molecule has 0 aliphatic heterocycles. The van der Waals surface area contributed by atoms with Crippen molar-refractivity contribution >= 4 is 5.97 Å². The first-order valence-electron chi connectivity index (χ1n) is 6.80. The lowest BCUT2D eigenvalue weighted by Crippen LogP contribution is -2.03. The molecule has 0 aliphatic rings. The number of esters is 1. The fourth-order valence-electron chi connectivity index (χ4n) is 1.93. The molecule has 3 heterocycles. The van der Waals surface area contributed by atoms with Gasteiger partial charge in [-0.25, -0.2) is 9.78 Å². The van der Waals surface area contributed by atoms with Crippen LogP contribution in [0, 0.1) is 0 Å². The van der Waals surface area contributed by atoms with E-state index in [1.54, 1.807) is 18.3 Å². The minimum Gasteiger partial charge on any atom is -0.473 e. The van der Waals surface area contributed by atoms with Crippen molar-refractivity contribution in [3.63, 3.8) is 0 Å². The SMILES string of the molecule is COC(=O)c1ccc(OCc2conc2-c2ccccn2)nc1. The Balaban J connectivity index is 1.70.